The number of benzene rings is 1. The number of amides is 2. The van der Waals surface area contributed by atoms with Gasteiger partial charge >= 0.3 is 0 Å². The number of nitrogens with two attached hydrogens (primary N) is 1. The maximum atomic E-state index is 12.9. The highest BCUT2D eigenvalue weighted by atomic mass is 16.2. The number of piperidine rings is 1. The number of nitrogens with one attached hydrogen (secondary N) is 1. The lowest BCUT2D eigenvalue weighted by molar-refractivity contribution is -0.126. The summed E-state index contributed by atoms with van der Waals surface area (Å²) in [6.07, 6.45) is 1.68. The second-order valence-electron chi connectivity index (χ2n) is 7.95. The van der Waals surface area contributed by atoms with Gasteiger partial charge in [-0.05, 0) is 37.6 Å². The summed E-state index contributed by atoms with van der Waals surface area (Å²) in [4.78, 5) is 31.7. The quantitative estimate of drug-likeness (QED) is 0.737. The second-order valence-corrected chi connectivity index (χ2v) is 7.95. The average Bonchev–Trinajstić information content (AvgIpc) is 2.74. The van der Waals surface area contributed by atoms with Crippen molar-refractivity contribution in [2.45, 2.75) is 19.4 Å². The van der Waals surface area contributed by atoms with Gasteiger partial charge in [0.15, 0.2) is 0 Å². The van der Waals surface area contributed by atoms with Gasteiger partial charge in [-0.1, -0.05) is 12.1 Å². The number of hydrogen-bond acceptors (Lipinski definition) is 5. The van der Waals surface area contributed by atoms with Crippen molar-refractivity contribution in [1.29, 1.82) is 0 Å². The zero-order valence-electron chi connectivity index (χ0n) is 16.9. The Hall–Kier alpha value is -1.96. The number of piperazine rings is 1. The molecule has 1 atom stereocenters. The van der Waals surface area contributed by atoms with E-state index >= 15 is 0 Å². The third kappa shape index (κ3) is 5.53. The molecule has 2 aliphatic rings. The molecule has 1 aromatic rings. The van der Waals surface area contributed by atoms with Gasteiger partial charge < -0.3 is 20.9 Å². The van der Waals surface area contributed by atoms with Crippen molar-refractivity contribution >= 4 is 11.8 Å². The molecule has 3 rings (SSSR count). The molecule has 0 aliphatic carbocycles. The van der Waals surface area contributed by atoms with Crippen LogP contribution in [0.25, 0.3) is 0 Å². The number of carbonyl (C=O) groups excluding carboxylic acids is 2. The fraction of sp³-hybridized carbons (Fsp3) is 0.619. The summed E-state index contributed by atoms with van der Waals surface area (Å²) in [5, 5.41) is 2.84. The van der Waals surface area contributed by atoms with Crippen LogP contribution in [-0.2, 0) is 11.3 Å². The molecule has 2 saturated heterocycles. The molecular formula is C21H33N5O2. The van der Waals surface area contributed by atoms with Crippen molar-refractivity contribution in [3.05, 3.63) is 35.4 Å². The van der Waals surface area contributed by atoms with Crippen molar-refractivity contribution in [3.63, 3.8) is 0 Å². The summed E-state index contributed by atoms with van der Waals surface area (Å²) >= 11 is 0. The Morgan fingerprint density at radius 1 is 1.11 bits per heavy atom. The Kier molecular flexibility index (Phi) is 7.42. The van der Waals surface area contributed by atoms with Crippen LogP contribution in [0.15, 0.2) is 24.3 Å². The smallest absolute Gasteiger partial charge is 0.253 e. The standard InChI is InChI=1S/C21H33N5O2/c1-24-11-13-25(14-12-24)15-17-4-6-18(7-5-17)21(28)26-10-2-3-19(16-26)20(27)23-9-8-22/h4-7,19H,2-3,8-16,22H2,1H3,(H,23,27). The molecule has 2 amide bonds. The first-order valence-electron chi connectivity index (χ1n) is 10.3. The van der Waals surface area contributed by atoms with Gasteiger partial charge in [0.1, 0.15) is 0 Å². The minimum Gasteiger partial charge on any atom is -0.355 e. The molecule has 0 bridgehead atoms. The van der Waals surface area contributed by atoms with Gasteiger partial charge in [-0.15, -0.1) is 0 Å². The van der Waals surface area contributed by atoms with E-state index < -0.39 is 0 Å². The molecule has 7 nitrogen and oxygen atoms in total. The third-order valence-corrected chi connectivity index (χ3v) is 5.73. The van der Waals surface area contributed by atoms with Gasteiger partial charge in [0.2, 0.25) is 5.91 Å². The van der Waals surface area contributed by atoms with E-state index in [1.807, 2.05) is 17.0 Å². The largest absolute Gasteiger partial charge is 0.355 e. The maximum Gasteiger partial charge on any atom is 0.253 e. The van der Waals surface area contributed by atoms with Crippen LogP contribution in [0.3, 0.4) is 0 Å². The first-order chi connectivity index (χ1) is 13.6. The molecular weight excluding hydrogens is 354 g/mol. The zero-order valence-corrected chi connectivity index (χ0v) is 16.9. The Balaban J connectivity index is 1.54. The topological polar surface area (TPSA) is 81.9 Å². The lowest BCUT2D eigenvalue weighted by Crippen LogP contribution is -2.46. The fourth-order valence-corrected chi connectivity index (χ4v) is 3.91. The summed E-state index contributed by atoms with van der Waals surface area (Å²) in [6.45, 7) is 7.41. The first kappa shape index (κ1) is 20.8. The van der Waals surface area contributed by atoms with E-state index in [4.69, 9.17) is 5.73 Å². The lowest BCUT2D eigenvalue weighted by atomic mass is 9.96. The molecule has 1 aromatic carbocycles. The van der Waals surface area contributed by atoms with E-state index in [9.17, 15) is 9.59 Å². The molecule has 0 spiro atoms. The molecule has 0 saturated carbocycles. The van der Waals surface area contributed by atoms with E-state index in [1.54, 1.807) is 0 Å². The van der Waals surface area contributed by atoms with Crippen LogP contribution in [0.2, 0.25) is 0 Å². The summed E-state index contributed by atoms with van der Waals surface area (Å²) in [7, 11) is 2.16. The lowest BCUT2D eigenvalue weighted by Gasteiger charge is -2.33. The number of hydrogen-bond donors (Lipinski definition) is 2. The van der Waals surface area contributed by atoms with Crippen LogP contribution in [0.5, 0.6) is 0 Å². The Morgan fingerprint density at radius 2 is 1.82 bits per heavy atom. The highest BCUT2D eigenvalue weighted by Crippen LogP contribution is 2.19. The highest BCUT2D eigenvalue weighted by molar-refractivity contribution is 5.94. The van der Waals surface area contributed by atoms with Crippen LogP contribution in [0, 0.1) is 5.92 Å². The van der Waals surface area contributed by atoms with Crippen molar-refractivity contribution < 1.29 is 9.59 Å². The van der Waals surface area contributed by atoms with Crippen molar-refractivity contribution in [2.24, 2.45) is 11.7 Å². The normalized spacial score (nSPS) is 21.5. The van der Waals surface area contributed by atoms with Gasteiger partial charge in [-0.25, -0.2) is 0 Å². The van der Waals surface area contributed by atoms with Crippen molar-refractivity contribution in [2.75, 3.05) is 59.4 Å². The number of nitrogens with zero attached hydrogens (tertiary/aromatic N) is 3. The van der Waals surface area contributed by atoms with E-state index in [0.717, 1.165) is 45.6 Å². The molecule has 2 heterocycles. The fourth-order valence-electron chi connectivity index (χ4n) is 3.91. The maximum absolute atomic E-state index is 12.9. The SMILES string of the molecule is CN1CCN(Cc2ccc(C(=O)N3CCCC(C(=O)NCCN)C3)cc2)CC1. The Morgan fingerprint density at radius 3 is 2.50 bits per heavy atom. The summed E-state index contributed by atoms with van der Waals surface area (Å²) in [5.41, 5.74) is 7.38. The predicted molar refractivity (Wildman–Crippen MR) is 110 cm³/mol. The average molecular weight is 388 g/mol. The molecule has 154 valence electrons. The zero-order chi connectivity index (χ0) is 19.9. The monoisotopic (exact) mass is 387 g/mol. The molecule has 1 unspecified atom stereocenters. The van der Waals surface area contributed by atoms with Gasteiger partial charge in [-0.3, -0.25) is 14.5 Å². The summed E-state index contributed by atoms with van der Waals surface area (Å²) in [5.74, 6) is -0.117. The van der Waals surface area contributed by atoms with Crippen LogP contribution in [0.4, 0.5) is 0 Å². The van der Waals surface area contributed by atoms with E-state index in [0.29, 0.717) is 31.7 Å². The molecule has 28 heavy (non-hydrogen) atoms. The van der Waals surface area contributed by atoms with Crippen LogP contribution in [-0.4, -0.2) is 85.9 Å². The molecule has 3 N–H and O–H groups in total. The van der Waals surface area contributed by atoms with Gasteiger partial charge in [0.05, 0.1) is 5.92 Å². The van der Waals surface area contributed by atoms with Crippen LogP contribution >= 0.6 is 0 Å². The predicted octanol–water partition coefficient (Wildman–Crippen LogP) is 0.361. The molecule has 2 fully saturated rings. The number of likely N-dealkylation sites (tertiary alicyclic amines) is 1. The minimum absolute atomic E-state index is 0.00507. The van der Waals surface area contributed by atoms with E-state index in [-0.39, 0.29) is 17.7 Å². The number of likely N-dealkylation sites (N-methyl/N-ethyl adjacent to an activating group) is 1. The van der Waals surface area contributed by atoms with Gasteiger partial charge in [0, 0.05) is 64.5 Å². The van der Waals surface area contributed by atoms with Crippen molar-refractivity contribution in [3.8, 4) is 0 Å². The molecule has 7 heteroatoms. The van der Waals surface area contributed by atoms with Crippen LogP contribution < -0.4 is 11.1 Å². The first-order valence-corrected chi connectivity index (χ1v) is 10.3. The molecule has 0 aromatic heterocycles. The molecule has 0 radical (unpaired) electrons. The second kappa shape index (κ2) is 10.0. The van der Waals surface area contributed by atoms with Crippen molar-refractivity contribution in [1.82, 2.24) is 20.0 Å². The highest BCUT2D eigenvalue weighted by Gasteiger charge is 2.28. The number of carbonyl (C=O) groups is 2. The third-order valence-electron chi connectivity index (χ3n) is 5.73. The van der Waals surface area contributed by atoms with Crippen LogP contribution in [0.1, 0.15) is 28.8 Å². The Labute approximate surface area is 167 Å². The van der Waals surface area contributed by atoms with Gasteiger partial charge in [-0.2, -0.15) is 0 Å². The summed E-state index contributed by atoms with van der Waals surface area (Å²) in [6, 6.07) is 7.96. The van der Waals surface area contributed by atoms with Gasteiger partial charge in [0.25, 0.3) is 5.91 Å². The molecule has 2 aliphatic heterocycles. The van der Waals surface area contributed by atoms with E-state index in [2.05, 4.69) is 34.3 Å². The Bertz CT molecular complexity index is 655. The van der Waals surface area contributed by atoms with E-state index in [1.165, 1.54) is 5.56 Å². The minimum atomic E-state index is -0.138. The number of rotatable bonds is 6. The summed E-state index contributed by atoms with van der Waals surface area (Å²) < 4.78 is 0.